The van der Waals surface area contributed by atoms with Crippen LogP contribution in [0.1, 0.15) is 23.2 Å². The van der Waals surface area contributed by atoms with Crippen molar-refractivity contribution in [2.45, 2.75) is 18.9 Å². The zero-order valence-electron chi connectivity index (χ0n) is 10.6. The van der Waals surface area contributed by atoms with Crippen molar-refractivity contribution >= 4 is 23.0 Å². The molecule has 1 saturated heterocycles. The molecule has 3 nitrogen and oxygen atoms in total. The zero-order chi connectivity index (χ0) is 13.2. The Labute approximate surface area is 111 Å². The maximum absolute atomic E-state index is 12.6. The van der Waals surface area contributed by atoms with E-state index in [1.54, 1.807) is 4.90 Å². The summed E-state index contributed by atoms with van der Waals surface area (Å²) < 4.78 is 0. The summed E-state index contributed by atoms with van der Waals surface area (Å²) in [6.45, 7) is 0.685. The molecule has 1 aliphatic rings. The topological polar surface area (TPSA) is 37.4 Å². The lowest BCUT2D eigenvalue weighted by atomic mass is 9.96. The van der Waals surface area contributed by atoms with Crippen LogP contribution < -0.4 is 0 Å². The molecule has 0 aliphatic carbocycles. The Morgan fingerprint density at radius 1 is 1.16 bits per heavy atom. The summed E-state index contributed by atoms with van der Waals surface area (Å²) >= 11 is 0. The largest absolute Gasteiger partial charge is 0.335 e. The molecule has 1 heterocycles. The summed E-state index contributed by atoms with van der Waals surface area (Å²) in [4.78, 5) is 25.2. The number of carbonyl (C=O) groups is 2. The van der Waals surface area contributed by atoms with Crippen LogP contribution in [0.2, 0.25) is 0 Å². The maximum atomic E-state index is 12.6. The molecule has 3 rings (SSSR count). The highest BCUT2D eigenvalue weighted by atomic mass is 16.1. The van der Waals surface area contributed by atoms with Gasteiger partial charge in [-0.15, -0.1) is 0 Å². The van der Waals surface area contributed by atoms with Crippen LogP contribution >= 0.6 is 0 Å². The minimum atomic E-state index is -0.289. The molecule has 0 spiro atoms. The first-order valence-corrected chi connectivity index (χ1v) is 6.54. The van der Waals surface area contributed by atoms with Crippen molar-refractivity contribution in [3.8, 4) is 0 Å². The van der Waals surface area contributed by atoms with Crippen LogP contribution in [-0.4, -0.2) is 29.7 Å². The first kappa shape index (κ1) is 11.9. The van der Waals surface area contributed by atoms with Crippen molar-refractivity contribution in [3.63, 3.8) is 0 Å². The van der Waals surface area contributed by atoms with E-state index < -0.39 is 0 Å². The molecule has 96 valence electrons. The highest BCUT2D eigenvalue weighted by Crippen LogP contribution is 2.24. The normalized spacial score (nSPS) is 18.7. The van der Waals surface area contributed by atoms with Gasteiger partial charge in [0.2, 0.25) is 6.41 Å². The average Bonchev–Trinajstić information content (AvgIpc) is 2.94. The number of Topliss-reactive ketones (excluding diaryl/α,β-unsaturated/α-hetero) is 1. The summed E-state index contributed by atoms with van der Waals surface area (Å²) in [5, 5.41) is 2.02. The highest BCUT2D eigenvalue weighted by molar-refractivity contribution is 6.11. The van der Waals surface area contributed by atoms with Gasteiger partial charge in [-0.05, 0) is 23.6 Å². The molecule has 0 saturated carbocycles. The highest BCUT2D eigenvalue weighted by Gasteiger charge is 2.30. The number of carbonyl (C=O) groups excluding carboxylic acids is 2. The van der Waals surface area contributed by atoms with Gasteiger partial charge in [0, 0.05) is 12.1 Å². The number of hydrogen-bond donors (Lipinski definition) is 0. The van der Waals surface area contributed by atoms with Crippen molar-refractivity contribution in [2.75, 3.05) is 6.54 Å². The van der Waals surface area contributed by atoms with Gasteiger partial charge in [0.05, 0.1) is 6.04 Å². The SMILES string of the molecule is O=CN1CCCC1C(=O)c1cccc2ccccc12. The minimum Gasteiger partial charge on any atom is -0.335 e. The number of fused-ring (bicyclic) bond motifs is 1. The van der Waals surface area contributed by atoms with Crippen molar-refractivity contribution in [1.29, 1.82) is 0 Å². The molecule has 1 amide bonds. The molecule has 1 unspecified atom stereocenters. The van der Waals surface area contributed by atoms with Crippen molar-refractivity contribution in [2.24, 2.45) is 0 Å². The van der Waals surface area contributed by atoms with E-state index in [4.69, 9.17) is 0 Å². The summed E-state index contributed by atoms with van der Waals surface area (Å²) in [5.41, 5.74) is 0.719. The minimum absolute atomic E-state index is 0.0569. The van der Waals surface area contributed by atoms with Crippen LogP contribution in [0.3, 0.4) is 0 Å². The van der Waals surface area contributed by atoms with Crippen molar-refractivity contribution in [3.05, 3.63) is 48.0 Å². The maximum Gasteiger partial charge on any atom is 0.210 e. The molecule has 0 radical (unpaired) electrons. The Bertz CT molecular complexity index is 630. The van der Waals surface area contributed by atoms with Gasteiger partial charge in [0.15, 0.2) is 5.78 Å². The van der Waals surface area contributed by atoms with Crippen LogP contribution in [0.15, 0.2) is 42.5 Å². The lowest BCUT2D eigenvalue weighted by Gasteiger charge is -2.19. The molecule has 0 bridgehead atoms. The van der Waals surface area contributed by atoms with E-state index in [0.717, 1.165) is 35.6 Å². The molecule has 0 N–H and O–H groups in total. The fraction of sp³-hybridized carbons (Fsp3) is 0.250. The number of nitrogens with zero attached hydrogens (tertiary/aromatic N) is 1. The third-order valence-electron chi connectivity index (χ3n) is 3.79. The summed E-state index contributed by atoms with van der Waals surface area (Å²) in [6.07, 6.45) is 2.46. The molecule has 3 heteroatoms. The van der Waals surface area contributed by atoms with Crippen LogP contribution in [-0.2, 0) is 4.79 Å². The van der Waals surface area contributed by atoms with Crippen molar-refractivity contribution in [1.82, 2.24) is 4.90 Å². The van der Waals surface area contributed by atoms with Gasteiger partial charge in [-0.1, -0.05) is 42.5 Å². The fourth-order valence-corrected chi connectivity index (χ4v) is 2.82. The van der Waals surface area contributed by atoms with E-state index in [0.29, 0.717) is 6.54 Å². The molecule has 0 aromatic heterocycles. The third kappa shape index (κ3) is 2.01. The Balaban J connectivity index is 2.04. The lowest BCUT2D eigenvalue weighted by Crippen LogP contribution is -2.35. The third-order valence-corrected chi connectivity index (χ3v) is 3.79. The number of likely N-dealkylation sites (tertiary alicyclic amines) is 1. The van der Waals surface area contributed by atoms with Gasteiger partial charge >= 0.3 is 0 Å². The number of ketones is 1. The number of benzene rings is 2. The molecule has 19 heavy (non-hydrogen) atoms. The zero-order valence-corrected chi connectivity index (χ0v) is 10.6. The van der Waals surface area contributed by atoms with Crippen LogP contribution in [0.4, 0.5) is 0 Å². The van der Waals surface area contributed by atoms with Gasteiger partial charge in [-0.2, -0.15) is 0 Å². The lowest BCUT2D eigenvalue weighted by molar-refractivity contribution is -0.118. The molecule has 2 aromatic carbocycles. The molecule has 1 atom stereocenters. The standard InChI is InChI=1S/C16H15NO2/c18-11-17-10-4-9-15(17)16(19)14-8-3-6-12-5-1-2-7-13(12)14/h1-3,5-8,11,15H,4,9-10H2. The van der Waals surface area contributed by atoms with E-state index in [2.05, 4.69) is 0 Å². The molecule has 1 aliphatic heterocycles. The molecule has 2 aromatic rings. The molecule has 1 fully saturated rings. The second kappa shape index (κ2) is 4.84. The Morgan fingerprint density at radius 3 is 2.79 bits per heavy atom. The average molecular weight is 253 g/mol. The second-order valence-electron chi connectivity index (χ2n) is 4.89. The predicted molar refractivity (Wildman–Crippen MR) is 74.1 cm³/mol. The van der Waals surface area contributed by atoms with Crippen LogP contribution in [0.25, 0.3) is 10.8 Å². The fourth-order valence-electron chi connectivity index (χ4n) is 2.82. The number of amides is 1. The second-order valence-corrected chi connectivity index (χ2v) is 4.89. The Kier molecular flexibility index (Phi) is 3.03. The van der Waals surface area contributed by atoms with Gasteiger partial charge < -0.3 is 4.90 Å². The van der Waals surface area contributed by atoms with Crippen molar-refractivity contribution < 1.29 is 9.59 Å². The number of rotatable bonds is 3. The summed E-state index contributed by atoms with van der Waals surface area (Å²) in [7, 11) is 0. The monoisotopic (exact) mass is 253 g/mol. The van der Waals surface area contributed by atoms with E-state index in [9.17, 15) is 9.59 Å². The quantitative estimate of drug-likeness (QED) is 0.623. The van der Waals surface area contributed by atoms with E-state index >= 15 is 0 Å². The molecular weight excluding hydrogens is 238 g/mol. The predicted octanol–water partition coefficient (Wildman–Crippen LogP) is 2.64. The first-order chi connectivity index (χ1) is 9.31. The summed E-state index contributed by atoms with van der Waals surface area (Å²) in [6, 6.07) is 13.3. The van der Waals surface area contributed by atoms with Crippen LogP contribution in [0, 0.1) is 0 Å². The van der Waals surface area contributed by atoms with E-state index in [-0.39, 0.29) is 11.8 Å². The summed E-state index contributed by atoms with van der Waals surface area (Å²) in [5.74, 6) is 0.0569. The number of hydrogen-bond acceptors (Lipinski definition) is 2. The van der Waals surface area contributed by atoms with E-state index in [1.807, 2.05) is 42.5 Å². The Morgan fingerprint density at radius 2 is 1.95 bits per heavy atom. The smallest absolute Gasteiger partial charge is 0.210 e. The van der Waals surface area contributed by atoms with Gasteiger partial charge in [0.1, 0.15) is 0 Å². The first-order valence-electron chi connectivity index (χ1n) is 6.54. The Hall–Kier alpha value is -2.16. The molecular formula is C16H15NO2. The van der Waals surface area contributed by atoms with E-state index in [1.165, 1.54) is 0 Å². The van der Waals surface area contributed by atoms with Gasteiger partial charge in [-0.25, -0.2) is 0 Å². The van der Waals surface area contributed by atoms with Gasteiger partial charge in [0.25, 0.3) is 0 Å². The van der Waals surface area contributed by atoms with Gasteiger partial charge in [-0.3, -0.25) is 9.59 Å². The van der Waals surface area contributed by atoms with Crippen LogP contribution in [0.5, 0.6) is 0 Å².